The van der Waals surface area contributed by atoms with Gasteiger partial charge in [-0.05, 0) is 13.8 Å². The summed E-state index contributed by atoms with van der Waals surface area (Å²) in [5, 5.41) is 16.6. The van der Waals surface area contributed by atoms with Crippen molar-refractivity contribution in [2.24, 2.45) is 0 Å². The zero-order valence-electron chi connectivity index (χ0n) is 6.01. The largest absolute Gasteiger partial charge is 0.477 e. The van der Waals surface area contributed by atoms with E-state index in [2.05, 4.69) is 0 Å². The van der Waals surface area contributed by atoms with Crippen molar-refractivity contribution in [2.75, 3.05) is 0 Å². The minimum atomic E-state index is -1.40. The van der Waals surface area contributed by atoms with Crippen LogP contribution >= 0.6 is 0 Å². The maximum atomic E-state index is 10.1. The Hall–Kier alpha value is -0.580. The predicted molar refractivity (Wildman–Crippen MR) is 33.6 cm³/mol. The molecule has 4 nitrogen and oxygen atoms in total. The molecule has 0 spiro atoms. The average molecular weight is 252 g/mol. The molecule has 1 radical (unpaired) electrons. The van der Waals surface area contributed by atoms with E-state index in [1.165, 1.54) is 13.8 Å². The molecule has 2 N–H and O–H groups in total. The van der Waals surface area contributed by atoms with Gasteiger partial charge in [-0.15, -0.1) is 0 Å². The summed E-state index contributed by atoms with van der Waals surface area (Å²) < 4.78 is 0. The molecule has 0 aliphatic heterocycles. The van der Waals surface area contributed by atoms with E-state index in [-0.39, 0.29) is 22.4 Å². The minimum absolute atomic E-state index is 0. The first kappa shape index (κ1) is 13.0. The Labute approximate surface area is 79.4 Å². The van der Waals surface area contributed by atoms with Crippen molar-refractivity contribution in [3.8, 4) is 0 Å². The van der Waals surface area contributed by atoms with E-state index in [1.807, 2.05) is 0 Å². The molecule has 0 saturated heterocycles. The molecule has 0 amide bonds. The number of hydrogen-bond acceptors (Lipinski definition) is 2. The Morgan fingerprint density at radius 2 is 1.27 bits per heavy atom. The van der Waals surface area contributed by atoms with E-state index in [0.717, 1.165) is 0 Å². The molecule has 0 aliphatic rings. The second-order valence-corrected chi connectivity index (χ2v) is 1.99. The zero-order valence-corrected chi connectivity index (χ0v) is 7.49. The Morgan fingerprint density at radius 1 is 1.00 bits per heavy atom. The van der Waals surface area contributed by atoms with Crippen LogP contribution in [-0.4, -0.2) is 22.2 Å². The van der Waals surface area contributed by atoms with Crippen LogP contribution in [0.3, 0.4) is 0 Å². The van der Waals surface area contributed by atoms with Crippen molar-refractivity contribution in [2.45, 2.75) is 13.8 Å². The van der Waals surface area contributed by atoms with E-state index in [4.69, 9.17) is 10.2 Å². The normalized spacial score (nSPS) is 7.82. The Balaban J connectivity index is 0. The first-order valence-electron chi connectivity index (χ1n) is 2.61. The summed E-state index contributed by atoms with van der Waals surface area (Å²) in [6.07, 6.45) is 0. The number of aliphatic carboxylic acids is 2. The fraction of sp³-hybridized carbons (Fsp3) is 0.333. The quantitative estimate of drug-likeness (QED) is 0.324. The molecule has 0 fully saturated rings. The Bertz CT molecular complexity index is 187. The third-order valence-electron chi connectivity index (χ3n) is 0.928. The Morgan fingerprint density at radius 3 is 1.27 bits per heavy atom. The molecule has 0 atom stereocenters. The molecule has 0 aromatic rings. The van der Waals surface area contributed by atoms with Crippen LogP contribution in [0.25, 0.3) is 0 Å². The van der Waals surface area contributed by atoms with Gasteiger partial charge in [-0.3, -0.25) is 0 Å². The molecule has 0 saturated carbocycles. The van der Waals surface area contributed by atoms with Gasteiger partial charge in [0.25, 0.3) is 0 Å². The third-order valence-corrected chi connectivity index (χ3v) is 0.928. The monoisotopic (exact) mass is 251 g/mol. The molecule has 5 heteroatoms. The van der Waals surface area contributed by atoms with Crippen molar-refractivity contribution in [1.29, 1.82) is 0 Å². The second-order valence-electron chi connectivity index (χ2n) is 1.99. The third kappa shape index (κ3) is 3.98. The number of rotatable bonds is 2. The van der Waals surface area contributed by atoms with Crippen LogP contribution < -0.4 is 0 Å². The predicted octanol–water partition coefficient (Wildman–Crippen LogP) is 0.490. The smallest absolute Gasteiger partial charge is 0.343 e. The number of carboxylic acid groups (broad SMARTS) is 2. The fourth-order valence-corrected chi connectivity index (χ4v) is 0.519. The van der Waals surface area contributed by atoms with Crippen LogP contribution in [-0.2, 0) is 32.0 Å². The van der Waals surface area contributed by atoms with Crippen molar-refractivity contribution in [1.82, 2.24) is 0 Å². The molecule has 11 heavy (non-hydrogen) atoms. The summed E-state index contributed by atoms with van der Waals surface area (Å²) >= 11 is 0. The van der Waals surface area contributed by atoms with Gasteiger partial charge in [0, 0.05) is 22.4 Å². The van der Waals surface area contributed by atoms with Gasteiger partial charge in [0.1, 0.15) is 5.57 Å². The van der Waals surface area contributed by atoms with E-state index >= 15 is 0 Å². The van der Waals surface area contributed by atoms with Gasteiger partial charge in [-0.2, -0.15) is 0 Å². The zero-order chi connectivity index (χ0) is 8.31. The Kier molecular flexibility index (Phi) is 6.07. The number of hydrogen-bond donors (Lipinski definition) is 2. The van der Waals surface area contributed by atoms with E-state index < -0.39 is 17.5 Å². The summed E-state index contributed by atoms with van der Waals surface area (Å²) in [5.74, 6) is -2.79. The summed E-state index contributed by atoms with van der Waals surface area (Å²) in [4.78, 5) is 20.3. The maximum Gasteiger partial charge on any atom is 0.343 e. The summed E-state index contributed by atoms with van der Waals surface area (Å²) in [5.41, 5.74) is -0.264. The molecule has 67 valence electrons. The topological polar surface area (TPSA) is 74.6 Å². The second kappa shape index (κ2) is 5.12. The first-order chi connectivity index (χ1) is 4.46. The standard InChI is InChI=1S/C6H8O4.Ag/c1-3(2)4(5(7)8)6(9)10;/h1-2H3,(H,7,8)(H,9,10);. The summed E-state index contributed by atoms with van der Waals surface area (Å²) in [7, 11) is 0. The van der Waals surface area contributed by atoms with Crippen LogP contribution in [0, 0.1) is 0 Å². The van der Waals surface area contributed by atoms with Crippen molar-refractivity contribution in [3.63, 3.8) is 0 Å². The molecule has 0 aromatic heterocycles. The molecule has 0 aliphatic carbocycles. The van der Waals surface area contributed by atoms with E-state index in [9.17, 15) is 9.59 Å². The van der Waals surface area contributed by atoms with E-state index in [1.54, 1.807) is 0 Å². The van der Waals surface area contributed by atoms with Crippen molar-refractivity contribution < 1.29 is 42.2 Å². The summed E-state index contributed by atoms with van der Waals surface area (Å²) in [6.45, 7) is 2.88. The van der Waals surface area contributed by atoms with Gasteiger partial charge >= 0.3 is 11.9 Å². The van der Waals surface area contributed by atoms with Gasteiger partial charge < -0.3 is 10.2 Å². The van der Waals surface area contributed by atoms with Crippen LogP contribution in [0.5, 0.6) is 0 Å². The van der Waals surface area contributed by atoms with Crippen LogP contribution in [0.15, 0.2) is 11.1 Å². The van der Waals surface area contributed by atoms with Crippen molar-refractivity contribution in [3.05, 3.63) is 11.1 Å². The average Bonchev–Trinajstić information content (AvgIpc) is 1.59. The minimum Gasteiger partial charge on any atom is -0.477 e. The van der Waals surface area contributed by atoms with E-state index in [0.29, 0.717) is 5.57 Å². The van der Waals surface area contributed by atoms with Gasteiger partial charge in [0.2, 0.25) is 0 Å². The van der Waals surface area contributed by atoms with Gasteiger partial charge in [-0.25, -0.2) is 9.59 Å². The number of carboxylic acids is 2. The van der Waals surface area contributed by atoms with Gasteiger partial charge in [0.05, 0.1) is 0 Å². The molecule has 0 bridgehead atoms. The van der Waals surface area contributed by atoms with Crippen LogP contribution in [0.4, 0.5) is 0 Å². The maximum absolute atomic E-state index is 10.1. The van der Waals surface area contributed by atoms with Gasteiger partial charge in [0.15, 0.2) is 0 Å². The molecule has 0 heterocycles. The number of allylic oxidation sites excluding steroid dienone is 1. The number of carbonyl (C=O) groups is 2. The molecular formula is C6H8AgO4. The molecule has 0 aromatic carbocycles. The first-order valence-corrected chi connectivity index (χ1v) is 2.61. The molecule has 0 rings (SSSR count). The van der Waals surface area contributed by atoms with Crippen LogP contribution in [0.2, 0.25) is 0 Å². The van der Waals surface area contributed by atoms with Crippen LogP contribution in [0.1, 0.15) is 13.8 Å². The molecular weight excluding hydrogens is 244 g/mol. The SMILES string of the molecule is CC(C)=C(C(=O)O)C(=O)O.[Ag]. The fourth-order valence-electron chi connectivity index (χ4n) is 0.519. The molecule has 0 unspecified atom stereocenters. The van der Waals surface area contributed by atoms with Gasteiger partial charge in [-0.1, -0.05) is 5.57 Å². The van der Waals surface area contributed by atoms with Crippen molar-refractivity contribution >= 4 is 11.9 Å². The summed E-state index contributed by atoms with van der Waals surface area (Å²) in [6, 6.07) is 0.